The summed E-state index contributed by atoms with van der Waals surface area (Å²) in [6.07, 6.45) is 16.3. The molecule has 0 heterocycles. The van der Waals surface area contributed by atoms with Gasteiger partial charge in [-0.05, 0) is 78.5 Å². The Morgan fingerprint density at radius 1 is 0.724 bits per heavy atom. The summed E-state index contributed by atoms with van der Waals surface area (Å²) in [4.78, 5) is 0. The topological polar surface area (TPSA) is 0 Å². The van der Waals surface area contributed by atoms with Gasteiger partial charge in [-0.15, -0.1) is 0 Å². The van der Waals surface area contributed by atoms with Crippen molar-refractivity contribution in [3.63, 3.8) is 0 Å². The Labute approximate surface area is 180 Å². The Morgan fingerprint density at radius 2 is 1.28 bits per heavy atom. The molecule has 0 atom stereocenters. The summed E-state index contributed by atoms with van der Waals surface area (Å²) in [6, 6.07) is 18.7. The lowest BCUT2D eigenvalue weighted by atomic mass is 9.68. The first-order valence-electron chi connectivity index (χ1n) is 12.3. The fourth-order valence-corrected chi connectivity index (χ4v) is 5.09. The average molecular weight is 391 g/mol. The van der Waals surface area contributed by atoms with Crippen LogP contribution in [0.15, 0.2) is 48.5 Å². The summed E-state index contributed by atoms with van der Waals surface area (Å²) in [5.74, 6) is 0.768. The van der Waals surface area contributed by atoms with Crippen LogP contribution in [0.5, 0.6) is 0 Å². The van der Waals surface area contributed by atoms with E-state index in [0.717, 1.165) is 5.92 Å². The predicted octanol–water partition coefficient (Wildman–Crippen LogP) is 9.33. The van der Waals surface area contributed by atoms with Crippen LogP contribution in [0.2, 0.25) is 0 Å². The molecule has 0 unspecified atom stereocenters. The van der Waals surface area contributed by atoms with E-state index in [0.29, 0.717) is 5.41 Å². The summed E-state index contributed by atoms with van der Waals surface area (Å²) < 4.78 is 0. The summed E-state index contributed by atoms with van der Waals surface area (Å²) in [5, 5.41) is 0. The van der Waals surface area contributed by atoms with Gasteiger partial charge in [-0.25, -0.2) is 0 Å². The van der Waals surface area contributed by atoms with Crippen molar-refractivity contribution < 1.29 is 0 Å². The third kappa shape index (κ3) is 6.46. The number of benzene rings is 2. The summed E-state index contributed by atoms with van der Waals surface area (Å²) >= 11 is 0. The van der Waals surface area contributed by atoms with Crippen LogP contribution in [-0.2, 0) is 6.42 Å². The van der Waals surface area contributed by atoms with E-state index in [1.54, 1.807) is 5.56 Å². The van der Waals surface area contributed by atoms with E-state index in [2.05, 4.69) is 69.3 Å². The van der Waals surface area contributed by atoms with Crippen molar-refractivity contribution >= 4 is 0 Å². The zero-order valence-corrected chi connectivity index (χ0v) is 19.2. The first-order valence-corrected chi connectivity index (χ1v) is 12.3. The molecule has 0 heteroatoms. The van der Waals surface area contributed by atoms with Crippen LogP contribution in [0.3, 0.4) is 0 Å². The Morgan fingerprint density at radius 3 is 1.86 bits per heavy atom. The maximum atomic E-state index is 2.54. The van der Waals surface area contributed by atoms with Crippen LogP contribution in [0.25, 0.3) is 11.1 Å². The normalized spacial score (nSPS) is 22.0. The van der Waals surface area contributed by atoms with Gasteiger partial charge in [0.15, 0.2) is 0 Å². The smallest absolute Gasteiger partial charge is 0.0162 e. The zero-order chi connectivity index (χ0) is 20.5. The molecule has 1 saturated carbocycles. The monoisotopic (exact) mass is 390 g/mol. The third-order valence-electron chi connectivity index (χ3n) is 7.31. The SMILES string of the molecule is CCCCCc1ccc(-c2ccc(C3CCC(C)(CCCCC)CC3)cc2)cc1. The first kappa shape index (κ1) is 22.1. The molecule has 2 aromatic carbocycles. The van der Waals surface area contributed by atoms with Crippen molar-refractivity contribution in [1.29, 1.82) is 0 Å². The van der Waals surface area contributed by atoms with E-state index in [1.807, 2.05) is 0 Å². The van der Waals surface area contributed by atoms with Crippen LogP contribution in [-0.4, -0.2) is 0 Å². The molecule has 0 N–H and O–H groups in total. The molecule has 0 bridgehead atoms. The molecular formula is C29H42. The van der Waals surface area contributed by atoms with Crippen LogP contribution >= 0.6 is 0 Å². The van der Waals surface area contributed by atoms with Crippen molar-refractivity contribution in [3.8, 4) is 11.1 Å². The molecule has 0 nitrogen and oxygen atoms in total. The maximum absolute atomic E-state index is 2.54. The second-order valence-electron chi connectivity index (χ2n) is 9.82. The van der Waals surface area contributed by atoms with Crippen LogP contribution in [0, 0.1) is 5.41 Å². The van der Waals surface area contributed by atoms with Crippen molar-refractivity contribution in [1.82, 2.24) is 0 Å². The van der Waals surface area contributed by atoms with Crippen molar-refractivity contribution in [2.75, 3.05) is 0 Å². The quantitative estimate of drug-likeness (QED) is 0.354. The van der Waals surface area contributed by atoms with Crippen LogP contribution in [0.1, 0.15) is 108 Å². The molecule has 0 amide bonds. The van der Waals surface area contributed by atoms with Gasteiger partial charge in [0.2, 0.25) is 0 Å². The lowest BCUT2D eigenvalue weighted by Crippen LogP contribution is -2.23. The molecule has 3 rings (SSSR count). The molecule has 0 aromatic heterocycles. The Bertz CT molecular complexity index is 699. The lowest BCUT2D eigenvalue weighted by Gasteiger charge is -2.38. The highest BCUT2D eigenvalue weighted by Gasteiger charge is 2.31. The Kier molecular flexibility index (Phi) is 8.40. The van der Waals surface area contributed by atoms with Gasteiger partial charge in [0, 0.05) is 0 Å². The van der Waals surface area contributed by atoms with Gasteiger partial charge in [-0.1, -0.05) is 101 Å². The molecular weight excluding hydrogens is 348 g/mol. The molecule has 1 aliphatic rings. The number of unbranched alkanes of at least 4 members (excludes halogenated alkanes) is 4. The van der Waals surface area contributed by atoms with Gasteiger partial charge in [0.1, 0.15) is 0 Å². The van der Waals surface area contributed by atoms with E-state index < -0.39 is 0 Å². The highest BCUT2D eigenvalue weighted by molar-refractivity contribution is 5.64. The summed E-state index contributed by atoms with van der Waals surface area (Å²) in [7, 11) is 0. The second-order valence-corrected chi connectivity index (χ2v) is 9.82. The fourth-order valence-electron chi connectivity index (χ4n) is 5.09. The summed E-state index contributed by atoms with van der Waals surface area (Å²) in [5.41, 5.74) is 6.34. The Hall–Kier alpha value is -1.56. The largest absolute Gasteiger partial charge is 0.0654 e. The van der Waals surface area contributed by atoms with Crippen LogP contribution < -0.4 is 0 Å². The lowest BCUT2D eigenvalue weighted by molar-refractivity contribution is 0.178. The first-order chi connectivity index (χ1) is 14.1. The number of rotatable bonds is 10. The van der Waals surface area contributed by atoms with Crippen molar-refractivity contribution in [2.24, 2.45) is 5.41 Å². The maximum Gasteiger partial charge on any atom is -0.0162 e. The van der Waals surface area contributed by atoms with Gasteiger partial charge in [0.25, 0.3) is 0 Å². The van der Waals surface area contributed by atoms with Crippen molar-refractivity contribution in [3.05, 3.63) is 59.7 Å². The standard InChI is InChI=1S/C29H42/c1-4-6-8-10-24-11-13-25(14-12-24)26-15-17-27(18-16-26)28-19-22-29(3,23-20-28)21-9-7-5-2/h11-18,28H,4-10,19-23H2,1-3H3. The minimum Gasteiger partial charge on any atom is -0.0654 e. The van der Waals surface area contributed by atoms with E-state index in [9.17, 15) is 0 Å². The number of hydrogen-bond acceptors (Lipinski definition) is 0. The number of aryl methyl sites for hydroxylation is 1. The van der Waals surface area contributed by atoms with Gasteiger partial charge in [-0.2, -0.15) is 0 Å². The zero-order valence-electron chi connectivity index (χ0n) is 19.2. The highest BCUT2D eigenvalue weighted by atomic mass is 14.4. The van der Waals surface area contributed by atoms with Crippen molar-refractivity contribution in [2.45, 2.75) is 104 Å². The van der Waals surface area contributed by atoms with Gasteiger partial charge >= 0.3 is 0 Å². The minimum atomic E-state index is 0.602. The summed E-state index contributed by atoms with van der Waals surface area (Å²) in [6.45, 7) is 7.12. The predicted molar refractivity (Wildman–Crippen MR) is 129 cm³/mol. The molecule has 29 heavy (non-hydrogen) atoms. The minimum absolute atomic E-state index is 0.602. The molecule has 0 aliphatic heterocycles. The van der Waals surface area contributed by atoms with E-state index in [-0.39, 0.29) is 0 Å². The molecule has 0 saturated heterocycles. The van der Waals surface area contributed by atoms with Gasteiger partial charge in [0.05, 0.1) is 0 Å². The van der Waals surface area contributed by atoms with E-state index in [4.69, 9.17) is 0 Å². The average Bonchev–Trinajstić information content (AvgIpc) is 2.75. The highest BCUT2D eigenvalue weighted by Crippen LogP contribution is 2.45. The number of hydrogen-bond donors (Lipinski definition) is 0. The van der Waals surface area contributed by atoms with E-state index >= 15 is 0 Å². The molecule has 0 radical (unpaired) electrons. The molecule has 0 spiro atoms. The van der Waals surface area contributed by atoms with Crippen LogP contribution in [0.4, 0.5) is 0 Å². The van der Waals surface area contributed by atoms with E-state index in [1.165, 1.54) is 93.7 Å². The molecule has 158 valence electrons. The van der Waals surface area contributed by atoms with Gasteiger partial charge in [-0.3, -0.25) is 0 Å². The molecule has 1 aliphatic carbocycles. The third-order valence-corrected chi connectivity index (χ3v) is 7.31. The Balaban J connectivity index is 1.54. The molecule has 1 fully saturated rings. The molecule has 2 aromatic rings. The fraction of sp³-hybridized carbons (Fsp3) is 0.586. The van der Waals surface area contributed by atoms with Gasteiger partial charge < -0.3 is 0 Å². The second kappa shape index (κ2) is 11.0.